The van der Waals surface area contributed by atoms with Crippen molar-refractivity contribution in [2.45, 2.75) is 39.2 Å². The van der Waals surface area contributed by atoms with Gasteiger partial charge in [-0.25, -0.2) is 4.79 Å². The highest BCUT2D eigenvalue weighted by atomic mass is 16.5. The molecule has 0 bridgehead atoms. The molecule has 4 amide bonds. The molecule has 0 unspecified atom stereocenters. The summed E-state index contributed by atoms with van der Waals surface area (Å²) < 4.78 is 10.1. The van der Waals surface area contributed by atoms with Crippen molar-refractivity contribution in [3.63, 3.8) is 0 Å². The van der Waals surface area contributed by atoms with E-state index in [0.717, 1.165) is 10.5 Å². The molecule has 0 aliphatic carbocycles. The maximum absolute atomic E-state index is 12.5. The largest absolute Gasteiger partial charge is 0.495 e. The van der Waals surface area contributed by atoms with Crippen molar-refractivity contribution in [1.29, 1.82) is 0 Å². The third-order valence-corrected chi connectivity index (χ3v) is 4.73. The molecule has 0 saturated carbocycles. The first kappa shape index (κ1) is 21.2. The minimum atomic E-state index is -0.990. The van der Waals surface area contributed by atoms with Gasteiger partial charge in [-0.05, 0) is 37.5 Å². The molecule has 1 aliphatic heterocycles. The fourth-order valence-electron chi connectivity index (χ4n) is 2.98. The van der Waals surface area contributed by atoms with E-state index in [-0.39, 0.29) is 0 Å². The maximum atomic E-state index is 12.5. The van der Waals surface area contributed by atoms with Crippen molar-refractivity contribution in [2.24, 2.45) is 0 Å². The summed E-state index contributed by atoms with van der Waals surface area (Å²) in [5.41, 5.74) is 0.381. The zero-order chi connectivity index (χ0) is 20.9. The Labute approximate surface area is 163 Å². The summed E-state index contributed by atoms with van der Waals surface area (Å²) in [6.07, 6.45) is 0.834. The molecule has 2 N–H and O–H groups in total. The highest BCUT2D eigenvalue weighted by Crippen LogP contribution is 2.26. The lowest BCUT2D eigenvalue weighted by Gasteiger charge is -2.22. The molecule has 0 spiro atoms. The van der Waals surface area contributed by atoms with E-state index >= 15 is 0 Å². The number of esters is 1. The van der Waals surface area contributed by atoms with E-state index in [1.165, 1.54) is 7.11 Å². The summed E-state index contributed by atoms with van der Waals surface area (Å²) in [6.45, 7) is 4.33. The van der Waals surface area contributed by atoms with E-state index in [1.807, 2.05) is 13.0 Å². The molecule has 152 valence electrons. The van der Waals surface area contributed by atoms with Crippen LogP contribution in [0.2, 0.25) is 0 Å². The van der Waals surface area contributed by atoms with Crippen LogP contribution in [0.3, 0.4) is 0 Å². The second-order valence-electron chi connectivity index (χ2n) is 6.52. The molecule has 1 aromatic carbocycles. The van der Waals surface area contributed by atoms with E-state index in [0.29, 0.717) is 24.3 Å². The van der Waals surface area contributed by atoms with Gasteiger partial charge in [-0.3, -0.25) is 19.3 Å². The third-order valence-electron chi connectivity index (χ3n) is 4.73. The number of carbonyl (C=O) groups is 4. The zero-order valence-corrected chi connectivity index (χ0v) is 16.5. The van der Waals surface area contributed by atoms with Crippen molar-refractivity contribution in [3.8, 4) is 5.75 Å². The molecule has 0 aromatic heterocycles. The van der Waals surface area contributed by atoms with Crippen molar-refractivity contribution in [2.75, 3.05) is 25.6 Å². The summed E-state index contributed by atoms with van der Waals surface area (Å²) in [5.74, 6) is -1.41. The number of hydrogen-bond donors (Lipinski definition) is 2. The van der Waals surface area contributed by atoms with E-state index < -0.39 is 42.5 Å². The van der Waals surface area contributed by atoms with Crippen LogP contribution >= 0.6 is 0 Å². The lowest BCUT2D eigenvalue weighted by atomic mass is 9.93. The molecule has 1 saturated heterocycles. The number of nitrogens with one attached hydrogen (secondary N) is 2. The van der Waals surface area contributed by atoms with Gasteiger partial charge < -0.3 is 20.1 Å². The second-order valence-corrected chi connectivity index (χ2v) is 6.52. The Kier molecular flexibility index (Phi) is 6.61. The molecule has 1 aliphatic rings. The number of benzene rings is 1. The first-order chi connectivity index (χ1) is 13.3. The monoisotopic (exact) mass is 391 g/mol. The highest BCUT2D eigenvalue weighted by molar-refractivity contribution is 6.08. The highest BCUT2D eigenvalue weighted by Gasteiger charge is 2.49. The molecule has 9 heteroatoms. The van der Waals surface area contributed by atoms with Crippen LogP contribution in [-0.2, 0) is 19.1 Å². The van der Waals surface area contributed by atoms with Crippen molar-refractivity contribution >= 4 is 29.5 Å². The van der Waals surface area contributed by atoms with Crippen molar-refractivity contribution < 1.29 is 28.7 Å². The van der Waals surface area contributed by atoms with Crippen LogP contribution in [0, 0.1) is 6.92 Å². The predicted molar refractivity (Wildman–Crippen MR) is 101 cm³/mol. The van der Waals surface area contributed by atoms with Crippen LogP contribution in [0.25, 0.3) is 0 Å². The number of nitrogens with zero attached hydrogens (tertiary/aromatic N) is 1. The average Bonchev–Trinajstić information content (AvgIpc) is 2.91. The number of aryl methyl sites for hydroxylation is 1. The molecule has 2 rings (SSSR count). The fourth-order valence-corrected chi connectivity index (χ4v) is 2.98. The first-order valence-corrected chi connectivity index (χ1v) is 9.00. The van der Waals surface area contributed by atoms with Crippen LogP contribution in [0.4, 0.5) is 10.5 Å². The van der Waals surface area contributed by atoms with Gasteiger partial charge in [-0.15, -0.1) is 0 Å². The number of ether oxygens (including phenoxy) is 2. The van der Waals surface area contributed by atoms with E-state index in [4.69, 9.17) is 9.47 Å². The number of amides is 4. The molecule has 0 radical (unpaired) electrons. The van der Waals surface area contributed by atoms with Crippen LogP contribution in [0.5, 0.6) is 5.75 Å². The van der Waals surface area contributed by atoms with Gasteiger partial charge in [0.1, 0.15) is 17.8 Å². The number of imide groups is 1. The molecule has 0 atom stereocenters. The minimum absolute atomic E-state index is 0.417. The number of urea groups is 1. The van der Waals surface area contributed by atoms with Gasteiger partial charge in [0.15, 0.2) is 6.61 Å². The number of anilines is 1. The Morgan fingerprint density at radius 2 is 1.89 bits per heavy atom. The molecule has 1 aromatic rings. The Morgan fingerprint density at radius 1 is 1.21 bits per heavy atom. The quantitative estimate of drug-likeness (QED) is 0.514. The smallest absolute Gasteiger partial charge is 0.326 e. The minimum Gasteiger partial charge on any atom is -0.495 e. The van der Waals surface area contributed by atoms with Crippen LogP contribution in [0.1, 0.15) is 32.3 Å². The van der Waals surface area contributed by atoms with Crippen LogP contribution in [-0.4, -0.2) is 54.5 Å². The van der Waals surface area contributed by atoms with Gasteiger partial charge in [0.2, 0.25) is 0 Å². The van der Waals surface area contributed by atoms with Gasteiger partial charge in [0, 0.05) is 0 Å². The van der Waals surface area contributed by atoms with Crippen LogP contribution in [0.15, 0.2) is 18.2 Å². The third kappa shape index (κ3) is 4.41. The van der Waals surface area contributed by atoms with E-state index in [1.54, 1.807) is 26.0 Å². The summed E-state index contributed by atoms with van der Waals surface area (Å²) in [7, 11) is 1.48. The summed E-state index contributed by atoms with van der Waals surface area (Å²) in [4.78, 5) is 49.4. The Balaban J connectivity index is 1.91. The second kappa shape index (κ2) is 8.73. The molecular weight excluding hydrogens is 366 g/mol. The molecule has 1 fully saturated rings. The van der Waals surface area contributed by atoms with E-state index in [2.05, 4.69) is 10.6 Å². The SMILES string of the molecule is CCC1(CC)NC(=O)N(CC(=O)OCC(=O)Nc2cc(C)ccc2OC)C1=O. The summed E-state index contributed by atoms with van der Waals surface area (Å²) in [5, 5.41) is 5.22. The number of rotatable bonds is 8. The van der Waals surface area contributed by atoms with Crippen molar-refractivity contribution in [1.82, 2.24) is 10.2 Å². The fraction of sp³-hybridized carbons (Fsp3) is 0.474. The first-order valence-electron chi connectivity index (χ1n) is 9.00. The maximum Gasteiger partial charge on any atom is 0.326 e. The average molecular weight is 391 g/mol. The lowest BCUT2D eigenvalue weighted by Crippen LogP contribution is -2.46. The molecule has 9 nitrogen and oxygen atoms in total. The number of carbonyl (C=O) groups excluding carboxylic acids is 4. The standard InChI is InChI=1S/C19H25N3O6/c1-5-19(6-2)17(25)22(18(26)21-19)10-16(24)28-11-15(23)20-13-9-12(3)7-8-14(13)27-4/h7-9H,5-6,10-11H2,1-4H3,(H,20,23)(H,21,26). The Hall–Kier alpha value is -3.10. The van der Waals surface area contributed by atoms with Gasteiger partial charge in [-0.1, -0.05) is 19.9 Å². The zero-order valence-electron chi connectivity index (χ0n) is 16.5. The van der Waals surface area contributed by atoms with Gasteiger partial charge >= 0.3 is 12.0 Å². The molecule has 1 heterocycles. The molecular formula is C19H25N3O6. The number of methoxy groups -OCH3 is 1. The topological polar surface area (TPSA) is 114 Å². The predicted octanol–water partition coefficient (Wildman–Crippen LogP) is 1.60. The van der Waals surface area contributed by atoms with Crippen LogP contribution < -0.4 is 15.4 Å². The van der Waals surface area contributed by atoms with Crippen molar-refractivity contribution in [3.05, 3.63) is 23.8 Å². The van der Waals surface area contributed by atoms with Gasteiger partial charge in [0.05, 0.1) is 12.8 Å². The lowest BCUT2D eigenvalue weighted by molar-refractivity contribution is -0.150. The van der Waals surface area contributed by atoms with Gasteiger partial charge in [-0.2, -0.15) is 0 Å². The summed E-state index contributed by atoms with van der Waals surface area (Å²) >= 11 is 0. The molecule has 28 heavy (non-hydrogen) atoms. The normalized spacial score (nSPS) is 15.2. The Morgan fingerprint density at radius 3 is 2.46 bits per heavy atom. The van der Waals surface area contributed by atoms with E-state index in [9.17, 15) is 19.2 Å². The summed E-state index contributed by atoms with van der Waals surface area (Å²) in [6, 6.07) is 4.63. The van der Waals surface area contributed by atoms with Gasteiger partial charge in [0.25, 0.3) is 11.8 Å². The Bertz CT molecular complexity index is 788. The number of hydrogen-bond acceptors (Lipinski definition) is 6.